The maximum Gasteiger partial charge on any atom is 0.260 e. The minimum Gasteiger partial charge on any atom is -0.377 e. The Labute approximate surface area is 122 Å². The standard InChI is InChI=1S/C14H19N3O4/c1-9(2)16-13(19)11-8-21-6-5-17(11)14(20)10-7-15-4-3-12(10)18/h3-4,7,9,11H,5-6,8H2,1-2H3,(H,15,18)(H,16,19). The van der Waals surface area contributed by atoms with Gasteiger partial charge in [-0.1, -0.05) is 0 Å². The van der Waals surface area contributed by atoms with Gasteiger partial charge in [-0.25, -0.2) is 0 Å². The van der Waals surface area contributed by atoms with Crippen molar-refractivity contribution < 1.29 is 14.3 Å². The summed E-state index contributed by atoms with van der Waals surface area (Å²) in [7, 11) is 0. The Balaban J connectivity index is 2.22. The summed E-state index contributed by atoms with van der Waals surface area (Å²) in [5, 5.41) is 2.76. The summed E-state index contributed by atoms with van der Waals surface area (Å²) in [5.74, 6) is -0.727. The highest BCUT2D eigenvalue weighted by molar-refractivity contribution is 5.97. The van der Waals surface area contributed by atoms with Crippen molar-refractivity contribution in [1.82, 2.24) is 15.2 Å². The Hall–Kier alpha value is -2.15. The average molecular weight is 293 g/mol. The molecule has 1 saturated heterocycles. The van der Waals surface area contributed by atoms with Gasteiger partial charge >= 0.3 is 0 Å². The summed E-state index contributed by atoms with van der Waals surface area (Å²) in [6, 6.07) is 0.543. The Morgan fingerprint density at radius 1 is 1.48 bits per heavy atom. The SMILES string of the molecule is CC(C)NC(=O)C1COCCN1C(=O)c1c[nH]ccc1=O. The number of nitrogens with one attached hydrogen (secondary N) is 2. The zero-order chi connectivity index (χ0) is 15.4. The van der Waals surface area contributed by atoms with Crippen LogP contribution >= 0.6 is 0 Å². The molecule has 2 heterocycles. The van der Waals surface area contributed by atoms with Gasteiger partial charge < -0.3 is 19.9 Å². The summed E-state index contributed by atoms with van der Waals surface area (Å²) in [5.41, 5.74) is -0.338. The Morgan fingerprint density at radius 3 is 2.90 bits per heavy atom. The van der Waals surface area contributed by atoms with Gasteiger partial charge in [0.2, 0.25) is 5.91 Å². The van der Waals surface area contributed by atoms with E-state index in [-0.39, 0.29) is 36.1 Å². The van der Waals surface area contributed by atoms with Gasteiger partial charge in [-0.3, -0.25) is 14.4 Å². The highest BCUT2D eigenvalue weighted by atomic mass is 16.5. The number of hydrogen-bond acceptors (Lipinski definition) is 4. The molecule has 7 nitrogen and oxygen atoms in total. The van der Waals surface area contributed by atoms with Crippen LogP contribution in [0.3, 0.4) is 0 Å². The first-order valence-electron chi connectivity index (χ1n) is 6.87. The number of aromatic amines is 1. The molecule has 2 amide bonds. The molecular weight excluding hydrogens is 274 g/mol. The number of ether oxygens (including phenoxy) is 1. The summed E-state index contributed by atoms with van der Waals surface area (Å²) in [6.07, 6.45) is 2.82. The molecule has 0 radical (unpaired) electrons. The number of carbonyl (C=O) groups excluding carboxylic acids is 2. The average Bonchev–Trinajstić information content (AvgIpc) is 2.46. The Bertz CT molecular complexity index is 582. The van der Waals surface area contributed by atoms with Crippen molar-refractivity contribution >= 4 is 11.8 Å². The lowest BCUT2D eigenvalue weighted by molar-refractivity contribution is -0.131. The topological polar surface area (TPSA) is 91.5 Å². The van der Waals surface area contributed by atoms with E-state index in [1.54, 1.807) is 0 Å². The van der Waals surface area contributed by atoms with E-state index in [1.165, 1.54) is 23.4 Å². The minimum atomic E-state index is -0.715. The van der Waals surface area contributed by atoms with Crippen molar-refractivity contribution in [2.75, 3.05) is 19.8 Å². The van der Waals surface area contributed by atoms with Crippen LogP contribution in [-0.4, -0.2) is 53.5 Å². The highest BCUT2D eigenvalue weighted by Crippen LogP contribution is 2.11. The van der Waals surface area contributed by atoms with E-state index in [2.05, 4.69) is 10.3 Å². The first kappa shape index (κ1) is 15.2. The Morgan fingerprint density at radius 2 is 2.24 bits per heavy atom. The van der Waals surface area contributed by atoms with Crippen molar-refractivity contribution in [3.05, 3.63) is 34.2 Å². The van der Waals surface area contributed by atoms with Gasteiger partial charge in [0.15, 0.2) is 5.43 Å². The van der Waals surface area contributed by atoms with Gasteiger partial charge in [-0.2, -0.15) is 0 Å². The molecule has 0 bridgehead atoms. The fourth-order valence-electron chi connectivity index (χ4n) is 2.18. The zero-order valence-electron chi connectivity index (χ0n) is 12.1. The third-order valence-electron chi connectivity index (χ3n) is 3.18. The van der Waals surface area contributed by atoms with E-state index in [0.29, 0.717) is 6.61 Å². The molecule has 0 aromatic carbocycles. The molecule has 1 aromatic heterocycles. The predicted octanol–water partition coefficient (Wildman–Crippen LogP) is -0.259. The van der Waals surface area contributed by atoms with Gasteiger partial charge in [0.1, 0.15) is 11.6 Å². The first-order chi connectivity index (χ1) is 10.0. The van der Waals surface area contributed by atoms with Crippen LogP contribution < -0.4 is 10.7 Å². The molecule has 114 valence electrons. The number of amides is 2. The zero-order valence-corrected chi connectivity index (χ0v) is 12.1. The van der Waals surface area contributed by atoms with E-state index in [1.807, 2.05) is 13.8 Å². The molecule has 21 heavy (non-hydrogen) atoms. The number of carbonyl (C=O) groups is 2. The lowest BCUT2D eigenvalue weighted by Gasteiger charge is -2.34. The van der Waals surface area contributed by atoms with Crippen molar-refractivity contribution in [3.8, 4) is 0 Å². The van der Waals surface area contributed by atoms with E-state index in [0.717, 1.165) is 0 Å². The summed E-state index contributed by atoms with van der Waals surface area (Å²) < 4.78 is 5.29. The first-order valence-corrected chi connectivity index (χ1v) is 6.87. The normalized spacial score (nSPS) is 18.6. The third-order valence-corrected chi connectivity index (χ3v) is 3.18. The van der Waals surface area contributed by atoms with Crippen LogP contribution in [-0.2, 0) is 9.53 Å². The quantitative estimate of drug-likeness (QED) is 0.803. The molecule has 1 fully saturated rings. The van der Waals surface area contributed by atoms with E-state index >= 15 is 0 Å². The molecular formula is C14H19N3O4. The van der Waals surface area contributed by atoms with E-state index in [4.69, 9.17) is 4.74 Å². The van der Waals surface area contributed by atoms with Crippen LogP contribution in [0, 0.1) is 0 Å². The number of aromatic nitrogens is 1. The van der Waals surface area contributed by atoms with E-state index in [9.17, 15) is 14.4 Å². The molecule has 2 N–H and O–H groups in total. The van der Waals surface area contributed by atoms with E-state index < -0.39 is 11.9 Å². The lowest BCUT2D eigenvalue weighted by Crippen LogP contribution is -2.57. The number of nitrogens with zero attached hydrogens (tertiary/aromatic N) is 1. The predicted molar refractivity (Wildman–Crippen MR) is 76.0 cm³/mol. The molecule has 1 atom stereocenters. The van der Waals surface area contributed by atoms with Gasteiger partial charge in [0.05, 0.1) is 13.2 Å². The number of pyridine rings is 1. The largest absolute Gasteiger partial charge is 0.377 e. The van der Waals surface area contributed by atoms with Crippen LogP contribution in [0.5, 0.6) is 0 Å². The second-order valence-electron chi connectivity index (χ2n) is 5.17. The molecule has 0 spiro atoms. The fourth-order valence-corrected chi connectivity index (χ4v) is 2.18. The van der Waals surface area contributed by atoms with Crippen LogP contribution in [0.1, 0.15) is 24.2 Å². The summed E-state index contributed by atoms with van der Waals surface area (Å²) >= 11 is 0. The Kier molecular flexibility index (Phi) is 4.74. The van der Waals surface area contributed by atoms with Crippen LogP contribution in [0.15, 0.2) is 23.3 Å². The fraction of sp³-hybridized carbons (Fsp3) is 0.500. The van der Waals surface area contributed by atoms with Crippen molar-refractivity contribution in [1.29, 1.82) is 0 Å². The smallest absolute Gasteiger partial charge is 0.260 e. The van der Waals surface area contributed by atoms with Gasteiger partial charge in [0.25, 0.3) is 5.91 Å². The molecule has 0 aliphatic carbocycles. The van der Waals surface area contributed by atoms with Crippen LogP contribution in [0.25, 0.3) is 0 Å². The van der Waals surface area contributed by atoms with Crippen molar-refractivity contribution in [2.45, 2.75) is 25.9 Å². The second kappa shape index (κ2) is 6.53. The molecule has 0 saturated carbocycles. The van der Waals surface area contributed by atoms with Crippen LogP contribution in [0.2, 0.25) is 0 Å². The molecule has 1 aromatic rings. The number of H-pyrrole nitrogens is 1. The van der Waals surface area contributed by atoms with Gasteiger partial charge in [0, 0.05) is 31.0 Å². The molecule has 2 rings (SSSR count). The number of hydrogen-bond donors (Lipinski definition) is 2. The molecule has 7 heteroatoms. The lowest BCUT2D eigenvalue weighted by atomic mass is 10.1. The summed E-state index contributed by atoms with van der Waals surface area (Å²) in [4.78, 5) is 40.5. The van der Waals surface area contributed by atoms with Gasteiger partial charge in [-0.05, 0) is 13.8 Å². The number of rotatable bonds is 3. The van der Waals surface area contributed by atoms with Gasteiger partial charge in [-0.15, -0.1) is 0 Å². The summed E-state index contributed by atoms with van der Waals surface area (Å²) in [6.45, 7) is 4.45. The second-order valence-corrected chi connectivity index (χ2v) is 5.17. The number of morpholine rings is 1. The van der Waals surface area contributed by atoms with Crippen molar-refractivity contribution in [3.63, 3.8) is 0 Å². The maximum atomic E-state index is 12.5. The third kappa shape index (κ3) is 3.49. The monoisotopic (exact) mass is 293 g/mol. The highest BCUT2D eigenvalue weighted by Gasteiger charge is 2.34. The molecule has 1 aliphatic heterocycles. The minimum absolute atomic E-state index is 0.0294. The maximum absolute atomic E-state index is 12.5. The van der Waals surface area contributed by atoms with Crippen LogP contribution in [0.4, 0.5) is 0 Å². The van der Waals surface area contributed by atoms with Crippen molar-refractivity contribution in [2.24, 2.45) is 0 Å². The molecule has 1 aliphatic rings. The molecule has 1 unspecified atom stereocenters.